The van der Waals surface area contributed by atoms with E-state index in [1.165, 1.54) is 19.3 Å². The van der Waals surface area contributed by atoms with Crippen LogP contribution in [0.1, 0.15) is 64.7 Å². The number of carboxylic acids is 1. The second-order valence-corrected chi connectivity index (χ2v) is 5.65. The van der Waals surface area contributed by atoms with Gasteiger partial charge < -0.3 is 5.11 Å². The largest absolute Gasteiger partial charge is 0.481 e. The molecule has 0 saturated carbocycles. The maximum absolute atomic E-state index is 10.3. The molecule has 0 aromatic heterocycles. The van der Waals surface area contributed by atoms with Gasteiger partial charge in [0.25, 0.3) is 0 Å². The molecule has 0 rings (SSSR count). The minimum absolute atomic E-state index is 0.189. The molecule has 0 unspecified atom stereocenters. The molecular formula is C20H32O4. The Morgan fingerprint density at radius 1 is 1.00 bits per heavy atom. The predicted molar refractivity (Wildman–Crippen MR) is 98.9 cm³/mol. The van der Waals surface area contributed by atoms with Crippen LogP contribution in [0.15, 0.2) is 48.6 Å². The maximum Gasteiger partial charge on any atom is 0.303 e. The van der Waals surface area contributed by atoms with E-state index in [-0.39, 0.29) is 12.5 Å². The van der Waals surface area contributed by atoms with Crippen molar-refractivity contribution in [2.45, 2.75) is 70.8 Å². The molecule has 4 nitrogen and oxygen atoms in total. The first-order chi connectivity index (χ1) is 11.7. The summed E-state index contributed by atoms with van der Waals surface area (Å²) in [6, 6.07) is 0. The van der Waals surface area contributed by atoms with Gasteiger partial charge in [-0.1, -0.05) is 68.4 Å². The van der Waals surface area contributed by atoms with Gasteiger partial charge in [-0.15, -0.1) is 0 Å². The van der Waals surface area contributed by atoms with Crippen LogP contribution in [0.2, 0.25) is 0 Å². The first-order valence-corrected chi connectivity index (χ1v) is 8.86. The molecule has 0 aliphatic heterocycles. The standard InChI is InChI=1S/C20H32O4/c1-2-3-4-5-6-7-8-10-13-16-19(24-23)17-14-11-9-12-15-18-20(21)22/h6-7,9-11,13-14,17,19,23H,2-5,8,12,15-16,18H2,1H3,(H,21,22)/b7-6-,11-9-,13-10-,17-14+/t19-/m1/s1. The van der Waals surface area contributed by atoms with Gasteiger partial charge in [0.05, 0.1) is 0 Å². The lowest BCUT2D eigenvalue weighted by molar-refractivity contribution is -0.264. The molecule has 0 aromatic carbocycles. The van der Waals surface area contributed by atoms with Gasteiger partial charge in [-0.05, 0) is 38.5 Å². The van der Waals surface area contributed by atoms with Gasteiger partial charge >= 0.3 is 5.97 Å². The summed E-state index contributed by atoms with van der Waals surface area (Å²) >= 11 is 0. The van der Waals surface area contributed by atoms with E-state index in [2.05, 4.69) is 30.0 Å². The topological polar surface area (TPSA) is 66.8 Å². The van der Waals surface area contributed by atoms with Crippen molar-refractivity contribution in [2.75, 3.05) is 0 Å². The minimum atomic E-state index is -0.768. The first-order valence-electron chi connectivity index (χ1n) is 8.86. The van der Waals surface area contributed by atoms with Gasteiger partial charge in [-0.2, -0.15) is 0 Å². The van der Waals surface area contributed by atoms with E-state index in [4.69, 9.17) is 10.4 Å². The third kappa shape index (κ3) is 16.7. The fourth-order valence-corrected chi connectivity index (χ4v) is 2.02. The average Bonchev–Trinajstić information content (AvgIpc) is 2.57. The second kappa shape index (κ2) is 17.7. The molecule has 0 saturated heterocycles. The zero-order valence-electron chi connectivity index (χ0n) is 14.8. The van der Waals surface area contributed by atoms with E-state index in [1.54, 1.807) is 6.08 Å². The van der Waals surface area contributed by atoms with Crippen LogP contribution < -0.4 is 0 Å². The summed E-state index contributed by atoms with van der Waals surface area (Å²) in [6.45, 7) is 2.20. The van der Waals surface area contributed by atoms with Crippen molar-refractivity contribution in [3.63, 3.8) is 0 Å². The summed E-state index contributed by atoms with van der Waals surface area (Å²) in [4.78, 5) is 14.8. The second-order valence-electron chi connectivity index (χ2n) is 5.65. The van der Waals surface area contributed by atoms with Crippen molar-refractivity contribution in [1.29, 1.82) is 0 Å². The summed E-state index contributed by atoms with van der Waals surface area (Å²) < 4.78 is 0. The Morgan fingerprint density at radius 2 is 1.75 bits per heavy atom. The Bertz CT molecular complexity index is 408. The van der Waals surface area contributed by atoms with Crippen molar-refractivity contribution in [2.24, 2.45) is 0 Å². The molecule has 0 aliphatic carbocycles. The van der Waals surface area contributed by atoms with Crippen LogP contribution in [-0.2, 0) is 9.68 Å². The molecule has 0 fully saturated rings. The Balaban J connectivity index is 3.81. The number of carboxylic acid groups (broad SMARTS) is 1. The van der Waals surface area contributed by atoms with E-state index in [0.717, 1.165) is 19.3 Å². The van der Waals surface area contributed by atoms with Crippen molar-refractivity contribution in [3.8, 4) is 0 Å². The third-order valence-electron chi connectivity index (χ3n) is 3.42. The zero-order chi connectivity index (χ0) is 17.9. The number of hydrogen-bond donors (Lipinski definition) is 2. The van der Waals surface area contributed by atoms with Gasteiger partial charge in [0.2, 0.25) is 0 Å². The number of unbranched alkanes of at least 4 members (excludes halogenated alkanes) is 4. The molecule has 24 heavy (non-hydrogen) atoms. The fraction of sp³-hybridized carbons (Fsp3) is 0.550. The average molecular weight is 336 g/mol. The van der Waals surface area contributed by atoms with E-state index in [9.17, 15) is 4.79 Å². The summed E-state index contributed by atoms with van der Waals surface area (Å²) in [5.74, 6) is -0.768. The smallest absolute Gasteiger partial charge is 0.303 e. The predicted octanol–water partition coefficient (Wildman–Crippen LogP) is 5.68. The van der Waals surface area contributed by atoms with Gasteiger partial charge in [0.15, 0.2) is 0 Å². The number of hydrogen-bond acceptors (Lipinski definition) is 3. The van der Waals surface area contributed by atoms with Gasteiger partial charge in [0.1, 0.15) is 6.10 Å². The summed E-state index contributed by atoms with van der Waals surface area (Å²) in [5, 5.41) is 17.4. The van der Waals surface area contributed by atoms with Crippen molar-refractivity contribution in [3.05, 3.63) is 48.6 Å². The molecule has 0 aliphatic rings. The summed E-state index contributed by atoms with van der Waals surface area (Å²) in [7, 11) is 0. The minimum Gasteiger partial charge on any atom is -0.481 e. The Hall–Kier alpha value is -1.65. The molecule has 0 heterocycles. The Kier molecular flexibility index (Phi) is 16.5. The van der Waals surface area contributed by atoms with E-state index in [0.29, 0.717) is 12.8 Å². The molecule has 4 heteroatoms. The van der Waals surface area contributed by atoms with Crippen molar-refractivity contribution < 1.29 is 20.0 Å². The first kappa shape index (κ1) is 22.4. The van der Waals surface area contributed by atoms with Crippen molar-refractivity contribution >= 4 is 5.97 Å². The third-order valence-corrected chi connectivity index (χ3v) is 3.42. The molecular weight excluding hydrogens is 304 g/mol. The Morgan fingerprint density at radius 3 is 2.46 bits per heavy atom. The quantitative estimate of drug-likeness (QED) is 0.133. The van der Waals surface area contributed by atoms with E-state index < -0.39 is 5.97 Å². The van der Waals surface area contributed by atoms with Crippen LogP contribution in [-0.4, -0.2) is 22.4 Å². The molecule has 136 valence electrons. The molecule has 0 spiro atoms. The lowest BCUT2D eigenvalue weighted by Gasteiger charge is -2.03. The Labute approximate surface area is 146 Å². The van der Waals surface area contributed by atoms with Crippen LogP contribution in [0.5, 0.6) is 0 Å². The molecule has 0 radical (unpaired) electrons. The lowest BCUT2D eigenvalue weighted by atomic mass is 10.2. The van der Waals surface area contributed by atoms with E-state index >= 15 is 0 Å². The van der Waals surface area contributed by atoms with Crippen LogP contribution in [0.4, 0.5) is 0 Å². The normalized spacial score (nSPS) is 13.8. The monoisotopic (exact) mass is 336 g/mol. The molecule has 2 N–H and O–H groups in total. The highest BCUT2D eigenvalue weighted by Crippen LogP contribution is 2.04. The molecule has 1 atom stereocenters. The van der Waals surface area contributed by atoms with Crippen LogP contribution in [0, 0.1) is 0 Å². The fourth-order valence-electron chi connectivity index (χ4n) is 2.02. The number of rotatable bonds is 15. The molecule has 0 bridgehead atoms. The van der Waals surface area contributed by atoms with E-state index in [1.807, 2.05) is 24.3 Å². The maximum atomic E-state index is 10.3. The highest BCUT2D eigenvalue weighted by atomic mass is 17.1. The van der Waals surface area contributed by atoms with Gasteiger partial charge in [0, 0.05) is 6.42 Å². The summed E-state index contributed by atoms with van der Waals surface area (Å²) in [5.41, 5.74) is 0. The van der Waals surface area contributed by atoms with Crippen LogP contribution >= 0.6 is 0 Å². The number of carbonyl (C=O) groups is 1. The van der Waals surface area contributed by atoms with Crippen molar-refractivity contribution in [1.82, 2.24) is 0 Å². The van der Waals surface area contributed by atoms with Crippen LogP contribution in [0.25, 0.3) is 0 Å². The summed E-state index contributed by atoms with van der Waals surface area (Å²) in [6.07, 6.45) is 23.4. The number of allylic oxidation sites excluding steroid dienone is 6. The van der Waals surface area contributed by atoms with Crippen LogP contribution in [0.3, 0.4) is 0 Å². The highest BCUT2D eigenvalue weighted by molar-refractivity contribution is 5.66. The highest BCUT2D eigenvalue weighted by Gasteiger charge is 1.99. The SMILES string of the molecule is CCCCC/C=C\C/C=C\C[C@H](/C=C/C=C\CCCC(=O)O)OO. The lowest BCUT2D eigenvalue weighted by Crippen LogP contribution is -2.04. The molecule has 0 aromatic rings. The van der Waals surface area contributed by atoms with Gasteiger partial charge in [-0.3, -0.25) is 10.1 Å². The van der Waals surface area contributed by atoms with Gasteiger partial charge in [-0.25, -0.2) is 4.89 Å². The molecule has 0 amide bonds. The number of aliphatic carboxylic acids is 1. The zero-order valence-corrected chi connectivity index (χ0v) is 14.8.